The molecular weight excluding hydrogens is 276 g/mol. The standard InChI is InChI=1S/C19H34OS/c1-3-4-5-6-7-8-9-10-11-12-13-14-15-16-17-19(18-20)21-2/h4-5,7-8,10-11,19-20H,3,6,9,12-18H2,1-2H3. The lowest BCUT2D eigenvalue weighted by molar-refractivity contribution is 0.288. The van der Waals surface area contributed by atoms with Crippen molar-refractivity contribution in [3.05, 3.63) is 36.5 Å². The van der Waals surface area contributed by atoms with Crippen molar-refractivity contribution < 1.29 is 5.11 Å². The lowest BCUT2D eigenvalue weighted by atomic mass is 10.1. The van der Waals surface area contributed by atoms with Crippen molar-refractivity contribution >= 4 is 11.8 Å². The Hall–Kier alpha value is -0.470. The van der Waals surface area contributed by atoms with E-state index in [-0.39, 0.29) is 0 Å². The molecule has 0 aliphatic rings. The van der Waals surface area contributed by atoms with E-state index in [9.17, 15) is 0 Å². The fraction of sp³-hybridized carbons (Fsp3) is 0.684. The summed E-state index contributed by atoms with van der Waals surface area (Å²) in [6.07, 6.45) is 26.4. The Kier molecular flexibility index (Phi) is 17.2. The van der Waals surface area contributed by atoms with Gasteiger partial charge in [0.15, 0.2) is 0 Å². The van der Waals surface area contributed by atoms with Gasteiger partial charge in [-0.1, -0.05) is 62.6 Å². The lowest BCUT2D eigenvalue weighted by Crippen LogP contribution is -2.07. The van der Waals surface area contributed by atoms with Gasteiger partial charge in [0.25, 0.3) is 0 Å². The van der Waals surface area contributed by atoms with Crippen LogP contribution in [0.1, 0.15) is 64.7 Å². The molecule has 0 saturated heterocycles. The fourth-order valence-corrected chi connectivity index (χ4v) is 2.65. The van der Waals surface area contributed by atoms with E-state index in [1.165, 1.54) is 32.1 Å². The summed E-state index contributed by atoms with van der Waals surface area (Å²) in [4.78, 5) is 0. The van der Waals surface area contributed by atoms with Crippen LogP contribution in [0.15, 0.2) is 36.5 Å². The molecule has 0 heterocycles. The monoisotopic (exact) mass is 310 g/mol. The third-order valence-electron chi connectivity index (χ3n) is 3.46. The second kappa shape index (κ2) is 17.6. The molecule has 0 saturated carbocycles. The third-order valence-corrected chi connectivity index (χ3v) is 4.52. The first-order valence-electron chi connectivity index (χ1n) is 8.43. The first-order chi connectivity index (χ1) is 10.3. The van der Waals surface area contributed by atoms with Crippen LogP contribution >= 0.6 is 11.8 Å². The molecular formula is C19H34OS. The molecule has 1 atom stereocenters. The van der Waals surface area contributed by atoms with Gasteiger partial charge in [0.1, 0.15) is 0 Å². The summed E-state index contributed by atoms with van der Waals surface area (Å²) < 4.78 is 0. The zero-order valence-corrected chi connectivity index (χ0v) is 14.8. The van der Waals surface area contributed by atoms with E-state index in [4.69, 9.17) is 5.11 Å². The van der Waals surface area contributed by atoms with Gasteiger partial charge in [0, 0.05) is 5.25 Å². The van der Waals surface area contributed by atoms with Gasteiger partial charge in [-0.25, -0.2) is 0 Å². The molecule has 1 unspecified atom stereocenters. The van der Waals surface area contributed by atoms with Crippen molar-refractivity contribution in [2.24, 2.45) is 0 Å². The maximum absolute atomic E-state index is 9.09. The topological polar surface area (TPSA) is 20.2 Å². The second-order valence-corrected chi connectivity index (χ2v) is 6.46. The molecule has 0 rings (SSSR count). The Balaban J connectivity index is 3.31. The molecule has 0 aliphatic heterocycles. The quantitative estimate of drug-likeness (QED) is 0.318. The van der Waals surface area contributed by atoms with E-state index in [0.29, 0.717) is 11.9 Å². The minimum Gasteiger partial charge on any atom is -0.395 e. The molecule has 0 aromatic heterocycles. The SMILES string of the molecule is CCC=CCC=CCC=CCCCCCCC(CO)SC. The average molecular weight is 311 g/mol. The number of aliphatic hydroxyl groups is 1. The Morgan fingerprint density at radius 3 is 2.10 bits per heavy atom. The molecule has 21 heavy (non-hydrogen) atoms. The summed E-state index contributed by atoms with van der Waals surface area (Å²) in [7, 11) is 0. The van der Waals surface area contributed by atoms with Gasteiger partial charge in [-0.05, 0) is 44.8 Å². The van der Waals surface area contributed by atoms with Gasteiger partial charge in [0.05, 0.1) is 6.61 Å². The maximum atomic E-state index is 9.09. The molecule has 0 radical (unpaired) electrons. The molecule has 0 aromatic carbocycles. The number of rotatable bonds is 14. The molecule has 1 N–H and O–H groups in total. The van der Waals surface area contributed by atoms with E-state index in [0.717, 1.165) is 25.7 Å². The molecule has 0 fully saturated rings. The van der Waals surface area contributed by atoms with Gasteiger partial charge in [-0.2, -0.15) is 11.8 Å². The van der Waals surface area contributed by atoms with Crippen LogP contribution in [-0.4, -0.2) is 23.2 Å². The number of hydrogen-bond acceptors (Lipinski definition) is 2. The summed E-state index contributed by atoms with van der Waals surface area (Å²) in [6, 6.07) is 0. The number of thioether (sulfide) groups is 1. The third kappa shape index (κ3) is 15.7. The molecule has 122 valence electrons. The predicted octanol–water partition coefficient (Wildman–Crippen LogP) is 5.91. The number of allylic oxidation sites excluding steroid dienone is 6. The molecule has 1 nitrogen and oxygen atoms in total. The highest BCUT2D eigenvalue weighted by Crippen LogP contribution is 2.15. The highest BCUT2D eigenvalue weighted by molar-refractivity contribution is 7.99. The van der Waals surface area contributed by atoms with Gasteiger partial charge in [-0.3, -0.25) is 0 Å². The van der Waals surface area contributed by atoms with E-state index in [1.807, 2.05) is 0 Å². The Labute approximate surface area is 136 Å². The Morgan fingerprint density at radius 2 is 1.48 bits per heavy atom. The van der Waals surface area contributed by atoms with Crippen LogP contribution in [0.4, 0.5) is 0 Å². The minimum atomic E-state index is 0.325. The molecule has 0 amide bonds. The first-order valence-corrected chi connectivity index (χ1v) is 9.72. The zero-order chi connectivity index (χ0) is 15.6. The van der Waals surface area contributed by atoms with Crippen LogP contribution in [0, 0.1) is 0 Å². The van der Waals surface area contributed by atoms with Gasteiger partial charge >= 0.3 is 0 Å². The average Bonchev–Trinajstić information content (AvgIpc) is 2.51. The highest BCUT2D eigenvalue weighted by Gasteiger charge is 2.03. The van der Waals surface area contributed by atoms with Crippen LogP contribution in [0.2, 0.25) is 0 Å². The summed E-state index contributed by atoms with van der Waals surface area (Å²) >= 11 is 1.78. The van der Waals surface area contributed by atoms with Gasteiger partial charge in [-0.15, -0.1) is 0 Å². The maximum Gasteiger partial charge on any atom is 0.0549 e. The molecule has 0 aliphatic carbocycles. The lowest BCUT2D eigenvalue weighted by Gasteiger charge is -2.09. The van der Waals surface area contributed by atoms with E-state index < -0.39 is 0 Å². The number of hydrogen-bond donors (Lipinski definition) is 1. The van der Waals surface area contributed by atoms with Crippen molar-refractivity contribution in [3.63, 3.8) is 0 Å². The summed E-state index contributed by atoms with van der Waals surface area (Å²) in [5.41, 5.74) is 0. The number of unbranched alkanes of at least 4 members (excludes halogenated alkanes) is 4. The summed E-state index contributed by atoms with van der Waals surface area (Å²) in [5, 5.41) is 9.54. The molecule has 2 heteroatoms. The zero-order valence-electron chi connectivity index (χ0n) is 14.0. The van der Waals surface area contributed by atoms with Gasteiger partial charge in [0.2, 0.25) is 0 Å². The van der Waals surface area contributed by atoms with Gasteiger partial charge < -0.3 is 5.11 Å². The van der Waals surface area contributed by atoms with Crippen LogP contribution < -0.4 is 0 Å². The van der Waals surface area contributed by atoms with Crippen molar-refractivity contribution in [2.75, 3.05) is 12.9 Å². The summed E-state index contributed by atoms with van der Waals surface area (Å²) in [5.74, 6) is 0. The van der Waals surface area contributed by atoms with Crippen molar-refractivity contribution in [1.82, 2.24) is 0 Å². The normalized spacial score (nSPS) is 13.9. The second-order valence-electron chi connectivity index (χ2n) is 5.33. The predicted molar refractivity (Wildman–Crippen MR) is 99.0 cm³/mol. The molecule has 0 bridgehead atoms. The number of aliphatic hydroxyl groups excluding tert-OH is 1. The highest BCUT2D eigenvalue weighted by atomic mass is 32.2. The van der Waals surface area contributed by atoms with E-state index >= 15 is 0 Å². The van der Waals surface area contributed by atoms with Crippen LogP contribution in [0.25, 0.3) is 0 Å². The van der Waals surface area contributed by atoms with Crippen LogP contribution in [0.5, 0.6) is 0 Å². The van der Waals surface area contributed by atoms with E-state index in [1.54, 1.807) is 11.8 Å². The van der Waals surface area contributed by atoms with Crippen LogP contribution in [-0.2, 0) is 0 Å². The molecule has 0 spiro atoms. The fourth-order valence-electron chi connectivity index (χ4n) is 2.10. The Bertz CT molecular complexity index is 277. The van der Waals surface area contributed by atoms with Crippen molar-refractivity contribution in [2.45, 2.75) is 70.0 Å². The van der Waals surface area contributed by atoms with Crippen molar-refractivity contribution in [1.29, 1.82) is 0 Å². The first kappa shape index (κ1) is 20.5. The largest absolute Gasteiger partial charge is 0.395 e. The Morgan fingerprint density at radius 1 is 0.857 bits per heavy atom. The summed E-state index contributed by atoms with van der Waals surface area (Å²) in [6.45, 7) is 2.49. The van der Waals surface area contributed by atoms with E-state index in [2.05, 4.69) is 49.6 Å². The van der Waals surface area contributed by atoms with Crippen LogP contribution in [0.3, 0.4) is 0 Å². The smallest absolute Gasteiger partial charge is 0.0549 e. The van der Waals surface area contributed by atoms with Crippen molar-refractivity contribution in [3.8, 4) is 0 Å². The molecule has 0 aromatic rings. The minimum absolute atomic E-state index is 0.325.